The van der Waals surface area contributed by atoms with Crippen LogP contribution >= 0.6 is 0 Å². The van der Waals surface area contributed by atoms with Gasteiger partial charge in [-0.3, -0.25) is 0 Å². The Bertz CT molecular complexity index is 644. The van der Waals surface area contributed by atoms with Crippen LogP contribution in [0.2, 0.25) is 0 Å². The second kappa shape index (κ2) is 12.8. The number of alkyl carbamates (subject to hydrolysis) is 1. The van der Waals surface area contributed by atoms with Gasteiger partial charge in [0, 0.05) is 13.1 Å². The predicted molar refractivity (Wildman–Crippen MR) is 108 cm³/mol. The van der Waals surface area contributed by atoms with Crippen LogP contribution in [0.25, 0.3) is 0 Å². The summed E-state index contributed by atoms with van der Waals surface area (Å²) < 4.78 is 10.3. The number of rotatable bonds is 12. The molecule has 0 radical (unpaired) electrons. The molecule has 0 aliphatic carbocycles. The van der Waals surface area contributed by atoms with E-state index in [0.717, 1.165) is 50.1 Å². The minimum atomic E-state index is -0.347. The lowest BCUT2D eigenvalue weighted by Gasteiger charge is -2.08. The summed E-state index contributed by atoms with van der Waals surface area (Å²) in [6.07, 6.45) is 4.01. The zero-order valence-electron chi connectivity index (χ0n) is 16.1. The molecule has 0 bridgehead atoms. The summed E-state index contributed by atoms with van der Waals surface area (Å²) in [7, 11) is 1.68. The minimum Gasteiger partial charge on any atom is -0.497 e. The van der Waals surface area contributed by atoms with E-state index in [0.29, 0.717) is 13.2 Å². The maximum Gasteiger partial charge on any atom is 0.407 e. The zero-order valence-corrected chi connectivity index (χ0v) is 16.1. The van der Waals surface area contributed by atoms with Gasteiger partial charge in [0.25, 0.3) is 0 Å². The van der Waals surface area contributed by atoms with Crippen molar-refractivity contribution in [3.05, 3.63) is 65.7 Å². The lowest BCUT2D eigenvalue weighted by molar-refractivity contribution is 0.139. The van der Waals surface area contributed by atoms with Gasteiger partial charge in [0.1, 0.15) is 12.4 Å². The van der Waals surface area contributed by atoms with Gasteiger partial charge >= 0.3 is 6.09 Å². The molecule has 2 N–H and O–H groups in total. The number of hydrogen-bond donors (Lipinski definition) is 2. The van der Waals surface area contributed by atoms with Gasteiger partial charge in [0.05, 0.1) is 7.11 Å². The molecule has 2 aromatic carbocycles. The molecule has 0 heterocycles. The molecule has 0 aliphatic rings. The van der Waals surface area contributed by atoms with Gasteiger partial charge in [-0.25, -0.2) is 4.79 Å². The molecule has 1 amide bonds. The van der Waals surface area contributed by atoms with Gasteiger partial charge in [0.2, 0.25) is 0 Å². The summed E-state index contributed by atoms with van der Waals surface area (Å²) in [5, 5.41) is 6.25. The molecule has 2 aromatic rings. The van der Waals surface area contributed by atoms with Crippen molar-refractivity contribution in [3.8, 4) is 5.75 Å². The fraction of sp³-hybridized carbons (Fsp3) is 0.409. The molecular formula is C22H30N2O3. The molecule has 146 valence electrons. The van der Waals surface area contributed by atoms with Crippen molar-refractivity contribution >= 4 is 6.09 Å². The first-order chi connectivity index (χ1) is 13.3. The number of ether oxygens (including phenoxy) is 2. The van der Waals surface area contributed by atoms with E-state index in [9.17, 15) is 4.79 Å². The summed E-state index contributed by atoms with van der Waals surface area (Å²) in [5.41, 5.74) is 2.25. The Morgan fingerprint density at radius 3 is 2.26 bits per heavy atom. The van der Waals surface area contributed by atoms with Crippen LogP contribution < -0.4 is 15.4 Å². The molecule has 27 heavy (non-hydrogen) atoms. The van der Waals surface area contributed by atoms with Gasteiger partial charge < -0.3 is 20.1 Å². The number of carbonyl (C=O) groups is 1. The Balaban J connectivity index is 1.40. The van der Waals surface area contributed by atoms with Crippen molar-refractivity contribution in [1.29, 1.82) is 0 Å². The van der Waals surface area contributed by atoms with Crippen molar-refractivity contribution < 1.29 is 14.3 Å². The molecule has 0 atom stereocenters. The summed E-state index contributed by atoms with van der Waals surface area (Å²) >= 11 is 0. The highest BCUT2D eigenvalue weighted by molar-refractivity contribution is 5.67. The molecule has 0 spiro atoms. The van der Waals surface area contributed by atoms with Crippen LogP contribution in [0.3, 0.4) is 0 Å². The van der Waals surface area contributed by atoms with Crippen molar-refractivity contribution in [1.82, 2.24) is 10.6 Å². The van der Waals surface area contributed by atoms with Crippen molar-refractivity contribution in [2.45, 2.75) is 38.8 Å². The molecule has 0 saturated heterocycles. The van der Waals surface area contributed by atoms with E-state index in [2.05, 4.69) is 22.8 Å². The van der Waals surface area contributed by atoms with Crippen LogP contribution in [-0.2, 0) is 17.9 Å². The van der Waals surface area contributed by atoms with E-state index in [-0.39, 0.29) is 6.09 Å². The number of amides is 1. The molecular weight excluding hydrogens is 340 g/mol. The predicted octanol–water partition coefficient (Wildman–Crippen LogP) is 4.27. The Morgan fingerprint density at radius 2 is 1.56 bits per heavy atom. The Morgan fingerprint density at radius 1 is 0.852 bits per heavy atom. The highest BCUT2D eigenvalue weighted by Gasteiger charge is 2.01. The summed E-state index contributed by atoms with van der Waals surface area (Å²) in [4.78, 5) is 11.6. The number of hydrogen-bond acceptors (Lipinski definition) is 4. The number of nitrogens with one attached hydrogen (secondary N) is 2. The van der Waals surface area contributed by atoms with Gasteiger partial charge in [0.15, 0.2) is 0 Å². The maximum atomic E-state index is 11.6. The van der Waals surface area contributed by atoms with Crippen LogP contribution in [0.15, 0.2) is 54.6 Å². The normalized spacial score (nSPS) is 10.4. The third-order valence-electron chi connectivity index (χ3n) is 4.25. The minimum absolute atomic E-state index is 0.312. The molecule has 0 aliphatic heterocycles. The van der Waals surface area contributed by atoms with Crippen LogP contribution in [0, 0.1) is 0 Å². The van der Waals surface area contributed by atoms with Crippen molar-refractivity contribution in [3.63, 3.8) is 0 Å². The molecule has 0 saturated carbocycles. The van der Waals surface area contributed by atoms with E-state index in [1.807, 2.05) is 42.5 Å². The van der Waals surface area contributed by atoms with E-state index >= 15 is 0 Å². The summed E-state index contributed by atoms with van der Waals surface area (Å²) in [6, 6.07) is 17.8. The topological polar surface area (TPSA) is 59.6 Å². The van der Waals surface area contributed by atoms with Gasteiger partial charge in [-0.15, -0.1) is 0 Å². The van der Waals surface area contributed by atoms with E-state index < -0.39 is 0 Å². The molecule has 0 aromatic heterocycles. The molecule has 5 nitrogen and oxygen atoms in total. The summed E-state index contributed by atoms with van der Waals surface area (Å²) in [6.45, 7) is 2.84. The molecule has 5 heteroatoms. The third-order valence-corrected chi connectivity index (χ3v) is 4.25. The van der Waals surface area contributed by atoms with Crippen molar-refractivity contribution in [2.24, 2.45) is 0 Å². The van der Waals surface area contributed by atoms with Crippen molar-refractivity contribution in [2.75, 3.05) is 20.2 Å². The quantitative estimate of drug-likeness (QED) is 0.548. The zero-order chi connectivity index (χ0) is 19.2. The monoisotopic (exact) mass is 370 g/mol. The highest BCUT2D eigenvalue weighted by atomic mass is 16.5. The van der Waals surface area contributed by atoms with Gasteiger partial charge in [-0.1, -0.05) is 55.3 Å². The fourth-order valence-electron chi connectivity index (χ4n) is 2.67. The number of methoxy groups -OCH3 is 1. The molecule has 0 fully saturated rings. The fourth-order valence-corrected chi connectivity index (χ4v) is 2.67. The average Bonchev–Trinajstić information content (AvgIpc) is 2.72. The lowest BCUT2D eigenvalue weighted by Crippen LogP contribution is -2.25. The number of unbranched alkanes of at least 4 members (excludes halogenated alkanes) is 3. The van der Waals surface area contributed by atoms with Crippen LogP contribution in [0.4, 0.5) is 4.79 Å². The molecule has 2 rings (SSSR count). The van der Waals surface area contributed by atoms with Crippen LogP contribution in [-0.4, -0.2) is 26.3 Å². The highest BCUT2D eigenvalue weighted by Crippen LogP contribution is 2.11. The van der Waals surface area contributed by atoms with E-state index in [4.69, 9.17) is 9.47 Å². The lowest BCUT2D eigenvalue weighted by atomic mass is 10.2. The van der Waals surface area contributed by atoms with E-state index in [1.165, 1.54) is 5.56 Å². The molecule has 0 unspecified atom stereocenters. The first-order valence-electron chi connectivity index (χ1n) is 9.56. The van der Waals surface area contributed by atoms with Crippen LogP contribution in [0.1, 0.15) is 36.8 Å². The standard InChI is InChI=1S/C22H30N2O3/c1-26-21-13-11-19(12-14-21)17-23-15-7-2-3-8-16-24-22(25)27-18-20-9-5-4-6-10-20/h4-6,9-14,23H,2-3,7-8,15-18H2,1H3,(H,24,25). The Kier molecular flexibility index (Phi) is 9.82. The largest absolute Gasteiger partial charge is 0.497 e. The number of carbonyl (C=O) groups excluding carboxylic acids is 1. The smallest absolute Gasteiger partial charge is 0.407 e. The van der Waals surface area contributed by atoms with Crippen LogP contribution in [0.5, 0.6) is 5.75 Å². The Labute approximate surface area is 162 Å². The SMILES string of the molecule is COc1ccc(CNCCCCCCNC(=O)OCc2ccccc2)cc1. The van der Waals surface area contributed by atoms with Gasteiger partial charge in [-0.2, -0.15) is 0 Å². The first-order valence-corrected chi connectivity index (χ1v) is 9.56. The second-order valence-corrected chi connectivity index (χ2v) is 6.43. The second-order valence-electron chi connectivity index (χ2n) is 6.43. The summed E-state index contributed by atoms with van der Waals surface area (Å²) in [5.74, 6) is 0.885. The first kappa shape index (κ1) is 20.8. The van der Waals surface area contributed by atoms with E-state index in [1.54, 1.807) is 7.11 Å². The number of benzene rings is 2. The maximum absolute atomic E-state index is 11.6. The average molecular weight is 370 g/mol. The third kappa shape index (κ3) is 9.11. The van der Waals surface area contributed by atoms with Gasteiger partial charge in [-0.05, 0) is 42.6 Å². The Hall–Kier alpha value is -2.53.